The number of carbonyl (C=O) groups is 1. The van der Waals surface area contributed by atoms with Crippen LogP contribution in [0.1, 0.15) is 16.7 Å². The van der Waals surface area contributed by atoms with Gasteiger partial charge in [0.05, 0.1) is 12.7 Å². The third kappa shape index (κ3) is 3.64. The monoisotopic (exact) mass is 396 g/mol. The number of ether oxygens (including phenoxy) is 1. The fourth-order valence-corrected chi connectivity index (χ4v) is 3.81. The number of carbonyl (C=O) groups excluding carboxylic acids is 1. The molecule has 1 atom stereocenters. The van der Waals surface area contributed by atoms with Crippen LogP contribution in [0.4, 0.5) is 0 Å². The summed E-state index contributed by atoms with van der Waals surface area (Å²) in [5, 5.41) is 12.2. The number of rotatable bonds is 3. The fourth-order valence-electron chi connectivity index (χ4n) is 3.15. The van der Waals surface area contributed by atoms with E-state index in [0.717, 1.165) is 11.1 Å². The quantitative estimate of drug-likeness (QED) is 0.695. The van der Waals surface area contributed by atoms with Crippen LogP contribution >= 0.6 is 34.8 Å². The minimum Gasteiger partial charge on any atom is -0.507 e. The zero-order chi connectivity index (χ0) is 18.1. The van der Waals surface area contributed by atoms with Crippen molar-refractivity contribution < 1.29 is 14.6 Å². The number of halogens is 3. The maximum absolute atomic E-state index is 12.3. The van der Waals surface area contributed by atoms with Gasteiger partial charge in [0.2, 0.25) is 0 Å². The van der Waals surface area contributed by atoms with Gasteiger partial charge in [-0.05, 0) is 48.2 Å². The van der Waals surface area contributed by atoms with Crippen LogP contribution in [0.5, 0.6) is 0 Å². The Hall–Kier alpha value is -1.68. The molecule has 6 heteroatoms. The summed E-state index contributed by atoms with van der Waals surface area (Å²) in [6, 6.07) is 10.5. The molecule has 1 N–H and O–H groups in total. The summed E-state index contributed by atoms with van der Waals surface area (Å²) in [4.78, 5) is 12.3. The highest BCUT2D eigenvalue weighted by molar-refractivity contribution is 6.35. The Morgan fingerprint density at radius 1 is 1.16 bits per heavy atom. The van der Waals surface area contributed by atoms with Crippen molar-refractivity contribution in [2.75, 3.05) is 7.11 Å². The van der Waals surface area contributed by atoms with Crippen LogP contribution in [0, 0.1) is 5.92 Å². The number of aliphatic hydroxyl groups is 1. The lowest BCUT2D eigenvalue weighted by molar-refractivity contribution is -0.136. The van der Waals surface area contributed by atoms with E-state index in [0.29, 0.717) is 33.5 Å². The Bertz CT molecular complexity index is 874. The average Bonchev–Trinajstić information content (AvgIpc) is 2.58. The first-order valence-corrected chi connectivity index (χ1v) is 8.78. The van der Waals surface area contributed by atoms with Crippen LogP contribution in [-0.2, 0) is 22.4 Å². The molecule has 0 heterocycles. The second kappa shape index (κ2) is 7.28. The van der Waals surface area contributed by atoms with Gasteiger partial charge in [-0.3, -0.25) is 0 Å². The predicted octanol–water partition coefficient (Wildman–Crippen LogP) is 5.50. The van der Waals surface area contributed by atoms with E-state index in [2.05, 4.69) is 0 Å². The van der Waals surface area contributed by atoms with E-state index in [1.54, 1.807) is 24.3 Å². The third-order valence-electron chi connectivity index (χ3n) is 4.34. The highest BCUT2D eigenvalue weighted by atomic mass is 35.5. The Balaban J connectivity index is 2.05. The van der Waals surface area contributed by atoms with E-state index in [1.807, 2.05) is 12.1 Å². The number of fused-ring (bicyclic) bond motifs is 1. The van der Waals surface area contributed by atoms with E-state index in [9.17, 15) is 9.90 Å². The summed E-state index contributed by atoms with van der Waals surface area (Å²) in [7, 11) is 1.29. The van der Waals surface area contributed by atoms with Crippen LogP contribution < -0.4 is 0 Å². The first-order valence-electron chi connectivity index (χ1n) is 7.65. The molecule has 1 aliphatic carbocycles. The summed E-state index contributed by atoms with van der Waals surface area (Å²) in [5.41, 5.74) is 2.57. The molecule has 0 saturated heterocycles. The first kappa shape index (κ1) is 18.1. The van der Waals surface area contributed by atoms with Gasteiger partial charge in [-0.1, -0.05) is 46.9 Å². The minimum absolute atomic E-state index is 0.0920. The molecule has 0 aromatic heterocycles. The van der Waals surface area contributed by atoms with Crippen molar-refractivity contribution in [1.29, 1.82) is 0 Å². The molecule has 0 bridgehead atoms. The van der Waals surface area contributed by atoms with Gasteiger partial charge in [0, 0.05) is 26.5 Å². The van der Waals surface area contributed by atoms with Gasteiger partial charge in [-0.2, -0.15) is 0 Å². The Kier molecular flexibility index (Phi) is 5.28. The normalized spacial score (nSPS) is 16.6. The molecule has 2 aromatic rings. The van der Waals surface area contributed by atoms with Crippen molar-refractivity contribution in [2.24, 2.45) is 5.92 Å². The molecular formula is C19H15Cl3O3. The molecule has 0 amide bonds. The second-order valence-corrected chi connectivity index (χ2v) is 7.18. The molecule has 0 saturated carbocycles. The van der Waals surface area contributed by atoms with E-state index in [-0.39, 0.29) is 17.3 Å². The largest absolute Gasteiger partial charge is 0.507 e. The van der Waals surface area contributed by atoms with Crippen molar-refractivity contribution in [3.8, 4) is 0 Å². The Labute approximate surface area is 160 Å². The van der Waals surface area contributed by atoms with Gasteiger partial charge in [0.15, 0.2) is 0 Å². The third-order valence-corrected chi connectivity index (χ3v) is 5.17. The van der Waals surface area contributed by atoms with Crippen molar-refractivity contribution in [2.45, 2.75) is 12.8 Å². The predicted molar refractivity (Wildman–Crippen MR) is 100 cm³/mol. The zero-order valence-electron chi connectivity index (χ0n) is 13.4. The molecule has 0 radical (unpaired) electrons. The van der Waals surface area contributed by atoms with Gasteiger partial charge >= 0.3 is 5.97 Å². The number of hydrogen-bond acceptors (Lipinski definition) is 3. The smallest absolute Gasteiger partial charge is 0.337 e. The fraction of sp³-hybridized carbons (Fsp3) is 0.211. The summed E-state index contributed by atoms with van der Waals surface area (Å²) >= 11 is 18.2. The maximum Gasteiger partial charge on any atom is 0.337 e. The minimum atomic E-state index is -0.557. The second-order valence-electron chi connectivity index (χ2n) is 5.90. The molecule has 3 rings (SSSR count). The lowest BCUT2D eigenvalue weighted by Crippen LogP contribution is -2.25. The average molecular weight is 398 g/mol. The molecule has 1 unspecified atom stereocenters. The molecule has 1 aliphatic rings. The van der Waals surface area contributed by atoms with Gasteiger partial charge in [-0.15, -0.1) is 0 Å². The number of aliphatic hydroxyl groups excluding tert-OH is 1. The topological polar surface area (TPSA) is 46.5 Å². The number of hydrogen-bond donors (Lipinski definition) is 1. The molecule has 25 heavy (non-hydrogen) atoms. The number of methoxy groups -OCH3 is 1. The van der Waals surface area contributed by atoms with Crippen molar-refractivity contribution in [3.05, 3.63) is 73.7 Å². The molecule has 2 aromatic carbocycles. The summed E-state index contributed by atoms with van der Waals surface area (Å²) in [5.74, 6) is -0.913. The highest BCUT2D eigenvalue weighted by Crippen LogP contribution is 2.38. The Morgan fingerprint density at radius 2 is 1.84 bits per heavy atom. The highest BCUT2D eigenvalue weighted by Gasteiger charge is 2.33. The van der Waals surface area contributed by atoms with E-state index in [1.165, 1.54) is 7.11 Å². The zero-order valence-corrected chi connectivity index (χ0v) is 15.6. The number of benzene rings is 2. The lowest BCUT2D eigenvalue weighted by atomic mass is 9.79. The molecule has 0 spiro atoms. The van der Waals surface area contributed by atoms with Gasteiger partial charge in [0.1, 0.15) is 5.76 Å². The summed E-state index contributed by atoms with van der Waals surface area (Å²) in [6.07, 6.45) is 1.05. The van der Waals surface area contributed by atoms with Crippen LogP contribution in [0.15, 0.2) is 42.0 Å². The van der Waals surface area contributed by atoms with Crippen molar-refractivity contribution in [3.63, 3.8) is 0 Å². The molecule has 0 fully saturated rings. The summed E-state index contributed by atoms with van der Waals surface area (Å²) < 4.78 is 4.88. The molecule has 3 nitrogen and oxygen atoms in total. The Morgan fingerprint density at radius 3 is 2.52 bits per heavy atom. The van der Waals surface area contributed by atoms with Crippen LogP contribution in [0.2, 0.25) is 15.1 Å². The molecule has 0 aliphatic heterocycles. The van der Waals surface area contributed by atoms with Gasteiger partial charge in [-0.25, -0.2) is 4.79 Å². The van der Waals surface area contributed by atoms with Gasteiger partial charge in [0.25, 0.3) is 0 Å². The van der Waals surface area contributed by atoms with Crippen LogP contribution in [0.25, 0.3) is 5.76 Å². The maximum atomic E-state index is 12.3. The molecule has 130 valence electrons. The standard InChI is InChI=1S/C19H15Cl3O3/c1-25-19(24)17-12(7-11-3-5-14(21)9-16(11)22)6-10-2-4-13(20)8-15(10)18(17)23/h2-5,8-9,12,23H,6-7H2,1H3. The van der Waals surface area contributed by atoms with Crippen LogP contribution in [-0.4, -0.2) is 18.2 Å². The van der Waals surface area contributed by atoms with E-state index >= 15 is 0 Å². The van der Waals surface area contributed by atoms with Crippen molar-refractivity contribution >= 4 is 46.5 Å². The van der Waals surface area contributed by atoms with E-state index in [4.69, 9.17) is 39.5 Å². The lowest BCUT2D eigenvalue weighted by Gasteiger charge is -2.27. The van der Waals surface area contributed by atoms with Crippen molar-refractivity contribution in [1.82, 2.24) is 0 Å². The molecular weight excluding hydrogens is 383 g/mol. The summed E-state index contributed by atoms with van der Waals surface area (Å²) in [6.45, 7) is 0. The van der Waals surface area contributed by atoms with E-state index < -0.39 is 5.97 Å². The van der Waals surface area contributed by atoms with Gasteiger partial charge < -0.3 is 9.84 Å². The first-order chi connectivity index (χ1) is 11.9. The van der Waals surface area contributed by atoms with Crippen LogP contribution in [0.3, 0.4) is 0 Å². The SMILES string of the molecule is COC(=O)C1=C(O)c2cc(Cl)ccc2CC1Cc1ccc(Cl)cc1Cl. The number of esters is 1.